The molecule has 1 N–H and O–H groups in total. The summed E-state index contributed by atoms with van der Waals surface area (Å²) in [6.45, 7) is 3.82. The maximum Gasteiger partial charge on any atom is 0.318 e. The first-order valence-corrected chi connectivity index (χ1v) is 8.84. The van der Waals surface area contributed by atoms with Crippen molar-refractivity contribution in [2.45, 2.75) is 25.2 Å². The highest BCUT2D eigenvalue weighted by Gasteiger charge is 2.38. The Bertz CT molecular complexity index is 797. The van der Waals surface area contributed by atoms with Crippen molar-refractivity contribution < 1.29 is 9.90 Å². The van der Waals surface area contributed by atoms with Crippen LogP contribution in [-0.2, 0) is 23.1 Å². The number of hydrogen-bond acceptors (Lipinski definition) is 3. The smallest absolute Gasteiger partial charge is 0.318 e. The van der Waals surface area contributed by atoms with Crippen molar-refractivity contribution in [2.75, 3.05) is 37.0 Å². The summed E-state index contributed by atoms with van der Waals surface area (Å²) in [7, 11) is 4.16. The standard InChI is InChI=1S/C21H24N2O2/c1-21(20(24)25,16-4-6-18-14(12-16)8-10-22(18)2)17-5-7-19-15(13-17)9-11-23(19)3/h4-7,12-13H,8-11H2,1-3H3,(H,24,25). The second kappa shape index (κ2) is 5.51. The summed E-state index contributed by atoms with van der Waals surface area (Å²) in [5.41, 5.74) is 5.61. The molecule has 130 valence electrons. The van der Waals surface area contributed by atoms with Gasteiger partial charge in [0, 0.05) is 38.6 Å². The van der Waals surface area contributed by atoms with Crippen LogP contribution in [0.3, 0.4) is 0 Å². The molecule has 0 saturated heterocycles. The number of nitrogens with zero attached hydrogens (tertiary/aromatic N) is 2. The van der Waals surface area contributed by atoms with Crippen molar-refractivity contribution >= 4 is 17.3 Å². The Labute approximate surface area is 148 Å². The number of anilines is 2. The lowest BCUT2D eigenvalue weighted by Gasteiger charge is -2.28. The number of carboxylic acids is 1. The average molecular weight is 336 g/mol. The van der Waals surface area contributed by atoms with Gasteiger partial charge in [0.15, 0.2) is 0 Å². The van der Waals surface area contributed by atoms with Gasteiger partial charge in [-0.05, 0) is 54.2 Å². The van der Waals surface area contributed by atoms with Crippen molar-refractivity contribution in [3.8, 4) is 0 Å². The van der Waals surface area contributed by atoms with Gasteiger partial charge >= 0.3 is 5.97 Å². The molecule has 2 aliphatic rings. The summed E-state index contributed by atoms with van der Waals surface area (Å²) >= 11 is 0. The molecule has 0 amide bonds. The van der Waals surface area contributed by atoms with Crippen LogP contribution in [-0.4, -0.2) is 38.3 Å². The molecule has 4 heteroatoms. The summed E-state index contributed by atoms with van der Waals surface area (Å²) in [4.78, 5) is 16.8. The molecular formula is C21H24N2O2. The van der Waals surface area contributed by atoms with Crippen LogP contribution in [0.1, 0.15) is 29.2 Å². The van der Waals surface area contributed by atoms with E-state index >= 15 is 0 Å². The Balaban J connectivity index is 1.82. The Morgan fingerprint density at radius 2 is 1.36 bits per heavy atom. The van der Waals surface area contributed by atoms with E-state index in [4.69, 9.17) is 0 Å². The number of carbonyl (C=O) groups is 1. The van der Waals surface area contributed by atoms with Crippen LogP contribution in [0.25, 0.3) is 0 Å². The van der Waals surface area contributed by atoms with E-state index in [1.165, 1.54) is 22.5 Å². The molecule has 0 aliphatic carbocycles. The molecule has 2 aromatic rings. The first kappa shape index (κ1) is 16.0. The van der Waals surface area contributed by atoms with Gasteiger partial charge < -0.3 is 14.9 Å². The molecule has 25 heavy (non-hydrogen) atoms. The summed E-state index contributed by atoms with van der Waals surface area (Å²) in [6.07, 6.45) is 1.95. The predicted molar refractivity (Wildman–Crippen MR) is 101 cm³/mol. The average Bonchev–Trinajstić information content (AvgIpc) is 3.16. The second-order valence-electron chi connectivity index (χ2n) is 7.46. The van der Waals surface area contributed by atoms with Crippen molar-refractivity contribution in [1.29, 1.82) is 0 Å². The first-order chi connectivity index (χ1) is 11.9. The Hall–Kier alpha value is -2.49. The molecule has 0 saturated carbocycles. The SMILES string of the molecule is CN1CCc2cc(C(C)(C(=O)O)c3ccc4c(c3)CCN4C)ccc21. The lowest BCUT2D eigenvalue weighted by Crippen LogP contribution is -2.34. The van der Waals surface area contributed by atoms with Crippen molar-refractivity contribution in [2.24, 2.45) is 0 Å². The normalized spacial score (nSPS) is 16.1. The van der Waals surface area contributed by atoms with Crippen molar-refractivity contribution in [3.05, 3.63) is 58.7 Å². The number of benzene rings is 2. The van der Waals surface area contributed by atoms with Crippen molar-refractivity contribution in [1.82, 2.24) is 0 Å². The summed E-state index contributed by atoms with van der Waals surface area (Å²) in [6, 6.07) is 12.3. The summed E-state index contributed by atoms with van der Waals surface area (Å²) in [5, 5.41) is 10.1. The topological polar surface area (TPSA) is 43.8 Å². The minimum atomic E-state index is -1.04. The molecule has 2 aliphatic heterocycles. The van der Waals surface area contributed by atoms with Gasteiger partial charge in [-0.1, -0.05) is 24.3 Å². The van der Waals surface area contributed by atoms with E-state index in [1.807, 2.05) is 19.1 Å². The zero-order chi connectivity index (χ0) is 17.8. The fraction of sp³-hybridized carbons (Fsp3) is 0.381. The minimum absolute atomic E-state index is 0.801. The zero-order valence-corrected chi connectivity index (χ0v) is 15.0. The number of hydrogen-bond donors (Lipinski definition) is 1. The van der Waals surface area contributed by atoms with Gasteiger partial charge in [-0.25, -0.2) is 0 Å². The second-order valence-corrected chi connectivity index (χ2v) is 7.46. The predicted octanol–water partition coefficient (Wildman–Crippen LogP) is 3.06. The fourth-order valence-corrected chi connectivity index (χ4v) is 4.17. The maximum atomic E-state index is 12.3. The minimum Gasteiger partial charge on any atom is -0.480 e. The van der Waals surface area contributed by atoms with Crippen LogP contribution < -0.4 is 9.80 Å². The third-order valence-corrected chi connectivity index (χ3v) is 6.00. The van der Waals surface area contributed by atoms with Gasteiger partial charge in [-0.15, -0.1) is 0 Å². The molecule has 0 fully saturated rings. The van der Waals surface area contributed by atoms with Gasteiger partial charge in [-0.2, -0.15) is 0 Å². The maximum absolute atomic E-state index is 12.3. The third-order valence-electron chi connectivity index (χ3n) is 6.00. The summed E-state index contributed by atoms with van der Waals surface area (Å²) < 4.78 is 0. The molecule has 0 unspecified atom stereocenters. The largest absolute Gasteiger partial charge is 0.480 e. The van der Waals surface area contributed by atoms with Crippen LogP contribution in [0, 0.1) is 0 Å². The van der Waals surface area contributed by atoms with E-state index in [-0.39, 0.29) is 0 Å². The molecule has 0 radical (unpaired) electrons. The Kier molecular flexibility index (Phi) is 3.53. The monoisotopic (exact) mass is 336 g/mol. The Morgan fingerprint density at radius 1 is 0.920 bits per heavy atom. The number of likely N-dealkylation sites (N-methyl/N-ethyl adjacent to an activating group) is 2. The van der Waals surface area contributed by atoms with Crippen LogP contribution in [0.4, 0.5) is 11.4 Å². The molecular weight excluding hydrogens is 312 g/mol. The molecule has 0 aromatic heterocycles. The van der Waals surface area contributed by atoms with E-state index in [9.17, 15) is 9.90 Å². The lowest BCUT2D eigenvalue weighted by atomic mass is 9.75. The number of rotatable bonds is 3. The number of carboxylic acid groups (broad SMARTS) is 1. The Morgan fingerprint density at radius 3 is 1.76 bits per heavy atom. The zero-order valence-electron chi connectivity index (χ0n) is 15.0. The quantitative estimate of drug-likeness (QED) is 0.935. The van der Waals surface area contributed by atoms with E-state index < -0.39 is 11.4 Å². The summed E-state index contributed by atoms with van der Waals surface area (Å²) in [5.74, 6) is -0.801. The van der Waals surface area contributed by atoms with Crippen LogP contribution in [0.2, 0.25) is 0 Å². The molecule has 2 aromatic carbocycles. The van der Waals surface area contributed by atoms with Crippen LogP contribution in [0.15, 0.2) is 36.4 Å². The van der Waals surface area contributed by atoms with Gasteiger partial charge in [0.25, 0.3) is 0 Å². The molecule has 0 spiro atoms. The van der Waals surface area contributed by atoms with Gasteiger partial charge in [-0.3, -0.25) is 4.79 Å². The molecule has 0 bridgehead atoms. The highest BCUT2D eigenvalue weighted by Crippen LogP contribution is 2.39. The molecule has 4 nitrogen and oxygen atoms in total. The van der Waals surface area contributed by atoms with E-state index in [2.05, 4.69) is 48.2 Å². The van der Waals surface area contributed by atoms with E-state index in [0.29, 0.717) is 0 Å². The fourth-order valence-electron chi connectivity index (χ4n) is 4.17. The van der Waals surface area contributed by atoms with E-state index in [0.717, 1.165) is 37.1 Å². The third kappa shape index (κ3) is 2.31. The number of fused-ring (bicyclic) bond motifs is 2. The first-order valence-electron chi connectivity index (χ1n) is 8.84. The van der Waals surface area contributed by atoms with Gasteiger partial charge in [0.05, 0.1) is 0 Å². The number of aliphatic carboxylic acids is 1. The van der Waals surface area contributed by atoms with Gasteiger partial charge in [0.1, 0.15) is 5.41 Å². The van der Waals surface area contributed by atoms with Crippen LogP contribution in [0.5, 0.6) is 0 Å². The molecule has 0 atom stereocenters. The van der Waals surface area contributed by atoms with Gasteiger partial charge in [0.2, 0.25) is 0 Å². The lowest BCUT2D eigenvalue weighted by molar-refractivity contribution is -0.141. The van der Waals surface area contributed by atoms with E-state index in [1.54, 1.807) is 0 Å². The van der Waals surface area contributed by atoms with Crippen LogP contribution >= 0.6 is 0 Å². The highest BCUT2D eigenvalue weighted by atomic mass is 16.4. The van der Waals surface area contributed by atoms with Crippen molar-refractivity contribution in [3.63, 3.8) is 0 Å². The highest BCUT2D eigenvalue weighted by molar-refractivity contribution is 5.86. The molecule has 2 heterocycles. The molecule has 4 rings (SSSR count).